The predicted octanol–water partition coefficient (Wildman–Crippen LogP) is 20.6. The topological polar surface area (TPSA) is 0 Å². The third-order valence-electron chi connectivity index (χ3n) is 9.82. The van der Waals surface area contributed by atoms with Gasteiger partial charge in [0.1, 0.15) is 0 Å². The van der Waals surface area contributed by atoms with Gasteiger partial charge in [-0.25, -0.2) is 0 Å². The van der Waals surface area contributed by atoms with Crippen molar-refractivity contribution in [1.29, 1.82) is 0 Å². The molecule has 0 aromatic heterocycles. The van der Waals surface area contributed by atoms with Crippen LogP contribution < -0.4 is 0 Å². The summed E-state index contributed by atoms with van der Waals surface area (Å²) < 4.78 is 259. The second kappa shape index (κ2) is 41.5. The van der Waals surface area contributed by atoms with Crippen LogP contribution in [-0.2, 0) is 10.9 Å². The normalized spacial score (nSPS) is 10.6. The van der Waals surface area contributed by atoms with Crippen molar-refractivity contribution in [2.45, 2.75) is 87.7 Å². The molecule has 0 saturated heterocycles. The van der Waals surface area contributed by atoms with Gasteiger partial charge < -0.3 is 0 Å². The summed E-state index contributed by atoms with van der Waals surface area (Å²) in [6.07, 6.45) is -24.2. The molecule has 506 valence electrons. The molecule has 0 fully saturated rings. The summed E-state index contributed by atoms with van der Waals surface area (Å²) in [7, 11) is -0.189. The van der Waals surface area contributed by atoms with Gasteiger partial charge in [0.15, 0.2) is 14.7 Å². The molecular formula is C70H44F24GaS2+. The van der Waals surface area contributed by atoms with Gasteiger partial charge in [0.2, 0.25) is 0 Å². The molecule has 1 unspecified atom stereocenters. The molecule has 0 heterocycles. The minimum Gasteiger partial charge on any atom is -0.162 e. The van der Waals surface area contributed by atoms with Gasteiger partial charge in [-0.3, -0.25) is 0 Å². The molecule has 27 heteroatoms. The third-order valence-corrected chi connectivity index (χ3v) is 16.1. The van der Waals surface area contributed by atoms with Crippen LogP contribution in [0.25, 0.3) is 22.3 Å². The molecule has 0 aliphatic carbocycles. The van der Waals surface area contributed by atoms with Crippen molar-refractivity contribution < 1.29 is 111 Å². The number of hydrogen-bond donors (Lipinski definition) is 0. The average Bonchev–Trinajstić information content (AvgIpc) is 0.789. The first-order valence-corrected chi connectivity index (χ1v) is 30.8. The summed E-state index contributed by atoms with van der Waals surface area (Å²) >= 11 is -0.615. The molecule has 97 heavy (non-hydrogen) atoms. The van der Waals surface area contributed by atoms with Gasteiger partial charge in [-0.1, -0.05) is 103 Å². The van der Waals surface area contributed by atoms with Crippen molar-refractivity contribution >= 4 is 38.9 Å². The second-order valence-electron chi connectivity index (χ2n) is 16.8. The van der Waals surface area contributed by atoms with E-state index in [0.29, 0.717) is 0 Å². The van der Waals surface area contributed by atoms with Crippen LogP contribution in [0.1, 0.15) is 16.8 Å². The molecule has 0 bridgehead atoms. The van der Waals surface area contributed by atoms with E-state index in [1.165, 1.54) is 57.9 Å². The van der Waals surface area contributed by atoms with Crippen molar-refractivity contribution in [3.63, 3.8) is 0 Å². The Bertz CT molecular complexity index is 3930. The van der Waals surface area contributed by atoms with Crippen LogP contribution in [-0.4, -0.2) is 65.6 Å². The van der Waals surface area contributed by atoms with Gasteiger partial charge in [0.05, 0.1) is 10.9 Å². The van der Waals surface area contributed by atoms with Crippen LogP contribution in [0.3, 0.4) is 0 Å². The zero-order chi connectivity index (χ0) is 74.3. The van der Waals surface area contributed by atoms with Crippen molar-refractivity contribution in [2.75, 3.05) is 0 Å². The fourth-order valence-electron chi connectivity index (χ4n) is 5.63. The van der Waals surface area contributed by atoms with Gasteiger partial charge >= 0.3 is 169 Å². The summed E-state index contributed by atoms with van der Waals surface area (Å²) in [5, 5.41) is 0. The Hall–Kier alpha value is -10.3. The van der Waals surface area contributed by atoms with Crippen LogP contribution in [0.15, 0.2) is 176 Å². The first-order chi connectivity index (χ1) is 44.9. The van der Waals surface area contributed by atoms with E-state index < -0.39 is 65.6 Å². The quantitative estimate of drug-likeness (QED) is 0.0664. The minimum absolute atomic E-state index is 0. The molecule has 0 saturated carbocycles. The van der Waals surface area contributed by atoms with E-state index in [9.17, 15) is 105 Å². The SMILES string of the molecule is C#CC#CC#C.C#CC#CC#[C][Ga]([C]#CC#CC#C)[C]#CC#CC#C.Cc1cc([S+](c2ccc(-c3ccccc3)cc2)c2ccccc2C)ccc1Sc1ccc(-c2ccccc2)cc1.FC(F)(F)C(F)(F)F.FC(F)(F)C(F)(F)F.FC(F)(F)C(F)(F)F.FC(F)(F)C(F)(F)F.[HH].[HH].[HH].[HH]. The molecule has 0 aliphatic heterocycles. The number of alkyl halides is 24. The number of aryl methyl sites for hydroxylation is 2. The zero-order valence-corrected chi connectivity index (χ0v) is 52.8. The first kappa shape index (κ1) is 86.7. The Labute approximate surface area is 560 Å². The number of hydrogen-bond acceptors (Lipinski definition) is 1. The minimum atomic E-state index is -6.06. The maximum absolute atomic E-state index is 10.4. The van der Waals surface area contributed by atoms with Crippen LogP contribution in [0.2, 0.25) is 0 Å². The van der Waals surface area contributed by atoms with Gasteiger partial charge in [0.25, 0.3) is 0 Å². The van der Waals surface area contributed by atoms with E-state index >= 15 is 0 Å². The molecule has 0 spiro atoms. The molecule has 6 rings (SSSR count). The summed E-state index contributed by atoms with van der Waals surface area (Å²) in [5.74, 6) is 37.6. The molecule has 0 nitrogen and oxygen atoms in total. The number of terminal acetylenes is 5. The Morgan fingerprint density at radius 2 is 0.588 bits per heavy atom. The van der Waals surface area contributed by atoms with Crippen LogP contribution in [0, 0.1) is 154 Å². The summed E-state index contributed by atoms with van der Waals surface area (Å²) in [4.78, 5) is 6.62. The Morgan fingerprint density at radius 3 is 0.887 bits per heavy atom. The van der Waals surface area contributed by atoms with E-state index in [-0.39, 0.29) is 16.6 Å². The van der Waals surface area contributed by atoms with Crippen molar-refractivity contribution in [3.8, 4) is 163 Å². The maximum atomic E-state index is 10.4. The smallest absolute Gasteiger partial charge is 0.162 e. The number of rotatable bonds is 7. The van der Waals surface area contributed by atoms with E-state index in [2.05, 4.69) is 274 Å². The maximum Gasteiger partial charge on any atom is 0.487 e. The summed E-state index contributed by atoms with van der Waals surface area (Å²) in [5.41, 5.74) is 7.63. The predicted molar refractivity (Wildman–Crippen MR) is 334 cm³/mol. The van der Waals surface area contributed by atoms with Gasteiger partial charge in [-0.15, -0.1) is 12.8 Å². The van der Waals surface area contributed by atoms with E-state index in [1.54, 1.807) is 0 Å². The Morgan fingerprint density at radius 1 is 0.309 bits per heavy atom. The Kier molecular flexibility index (Phi) is 37.1. The summed E-state index contributed by atoms with van der Waals surface area (Å²) in [6, 6.07) is 55.0. The first-order valence-electron chi connectivity index (χ1n) is 25.1. The standard InChI is InChI=1S/C38H31S2.C6H2.3C6H.4C2F6.Ga.4H2/c1-28-11-9-10-16-38(28)40(35-23-19-33(20-24-35)31-14-7-4-8-15-31)36-25-26-37(29(2)27-36)39-34-21-17-32(18-22-34)30-12-5-3-6-13-30;4*1-3-5-6-4-2;4*3-1(4,5)2(6,7)8;;;;;/h3-27H,1-2H3;1-2H;3*1H;;;;;;4*1H/q+1;;;;;;;;;;;;;. The molecule has 1 atom stereocenters. The van der Waals surface area contributed by atoms with Crippen molar-refractivity contribution in [3.05, 3.63) is 163 Å². The third kappa shape index (κ3) is 35.1. The average molecular weight is 1470 g/mol. The van der Waals surface area contributed by atoms with Gasteiger partial charge in [0, 0.05) is 21.1 Å². The zero-order valence-electron chi connectivity index (χ0n) is 48.8. The molecule has 0 N–H and O–H groups in total. The van der Waals surface area contributed by atoms with E-state index in [1.807, 2.05) is 11.8 Å². The fourth-order valence-corrected chi connectivity index (χ4v) is 10.6. The molecule has 0 amide bonds. The monoisotopic (exact) mass is 1470 g/mol. The molecule has 0 aliphatic rings. The molecular weight excluding hydrogens is 1430 g/mol. The molecule has 6 aromatic carbocycles. The number of halogens is 24. The summed E-state index contributed by atoms with van der Waals surface area (Å²) in [6.45, 7) is 4.46. The van der Waals surface area contributed by atoms with Crippen LogP contribution in [0.5, 0.6) is 0 Å². The van der Waals surface area contributed by atoms with E-state index in [0.717, 1.165) is 0 Å². The number of benzene rings is 6. The second-order valence-corrected chi connectivity index (χ2v) is 23.6. The Balaban J connectivity index is -0.000000419. The van der Waals surface area contributed by atoms with Crippen molar-refractivity contribution in [2.24, 2.45) is 0 Å². The fraction of sp³-hybridized carbons (Fsp3) is 0.143. The largest absolute Gasteiger partial charge is 0.487 e. The van der Waals surface area contributed by atoms with Crippen LogP contribution in [0.4, 0.5) is 105 Å². The van der Waals surface area contributed by atoms with Crippen LogP contribution >= 0.6 is 11.8 Å². The van der Waals surface area contributed by atoms with Gasteiger partial charge in [-0.2, -0.15) is 105 Å². The van der Waals surface area contributed by atoms with Gasteiger partial charge in [-0.05, 0) is 126 Å². The van der Waals surface area contributed by atoms with Crippen molar-refractivity contribution in [1.82, 2.24) is 0 Å². The molecule has 6 aromatic rings. The van der Waals surface area contributed by atoms with E-state index in [4.69, 9.17) is 32.1 Å². The molecule has 0 radical (unpaired) electrons.